The number of sulfone groups is 1. The van der Waals surface area contributed by atoms with Gasteiger partial charge in [-0.15, -0.1) is 6.58 Å². The van der Waals surface area contributed by atoms with E-state index in [-0.39, 0.29) is 12.0 Å². The van der Waals surface area contributed by atoms with E-state index in [4.69, 9.17) is 5.73 Å². The number of allylic oxidation sites excluding steroid dienone is 1. The summed E-state index contributed by atoms with van der Waals surface area (Å²) in [6.45, 7) is 3.64. The van der Waals surface area contributed by atoms with Gasteiger partial charge in [0.15, 0.2) is 9.84 Å². The van der Waals surface area contributed by atoms with Gasteiger partial charge in [0, 0.05) is 6.04 Å². The van der Waals surface area contributed by atoms with E-state index in [1.54, 1.807) is 0 Å². The van der Waals surface area contributed by atoms with E-state index < -0.39 is 9.84 Å². The van der Waals surface area contributed by atoms with Gasteiger partial charge in [-0.25, -0.2) is 8.42 Å². The van der Waals surface area contributed by atoms with Crippen LogP contribution in [0.15, 0.2) is 12.7 Å². The molecule has 2 atom stereocenters. The molecule has 0 saturated carbocycles. The van der Waals surface area contributed by atoms with Gasteiger partial charge in [-0.3, -0.25) is 0 Å². The van der Waals surface area contributed by atoms with Crippen molar-refractivity contribution in [3.8, 4) is 0 Å². The van der Waals surface area contributed by atoms with E-state index in [0.717, 1.165) is 25.7 Å². The maximum Gasteiger partial charge on any atom is 0.150 e. The Morgan fingerprint density at radius 3 is 2.79 bits per heavy atom. The van der Waals surface area contributed by atoms with Gasteiger partial charge in [0.1, 0.15) is 0 Å². The summed E-state index contributed by atoms with van der Waals surface area (Å²) in [7, 11) is -2.77. The number of unbranched alkanes of at least 4 members (excludes halogenated alkanes) is 1. The Morgan fingerprint density at radius 1 is 1.57 bits per heavy atom. The topological polar surface area (TPSA) is 60.2 Å². The molecule has 1 heterocycles. The summed E-state index contributed by atoms with van der Waals surface area (Å²) in [5.74, 6) is 0.805. The molecule has 1 fully saturated rings. The lowest BCUT2D eigenvalue weighted by molar-refractivity contribution is 0.430. The highest BCUT2D eigenvalue weighted by atomic mass is 32.2. The predicted molar refractivity (Wildman–Crippen MR) is 58.8 cm³/mol. The molecule has 2 unspecified atom stereocenters. The summed E-state index contributed by atoms with van der Waals surface area (Å²) < 4.78 is 22.4. The fraction of sp³-hybridized carbons (Fsp3) is 0.800. The van der Waals surface area contributed by atoms with Crippen LogP contribution in [0.5, 0.6) is 0 Å². The molecule has 82 valence electrons. The lowest BCUT2D eigenvalue weighted by Gasteiger charge is -2.16. The SMILES string of the molecule is C=CCCCC(N)C1CCS(=O)(=O)C1. The zero-order valence-corrected chi connectivity index (χ0v) is 9.30. The summed E-state index contributed by atoms with van der Waals surface area (Å²) in [6.07, 6.45) is 5.51. The molecule has 0 aliphatic carbocycles. The maximum atomic E-state index is 11.2. The number of hydrogen-bond acceptors (Lipinski definition) is 3. The highest BCUT2D eigenvalue weighted by molar-refractivity contribution is 7.91. The molecule has 1 rings (SSSR count). The van der Waals surface area contributed by atoms with Crippen molar-refractivity contribution in [3.05, 3.63) is 12.7 Å². The molecule has 4 heteroatoms. The minimum Gasteiger partial charge on any atom is -0.327 e. The van der Waals surface area contributed by atoms with Crippen LogP contribution in [0.2, 0.25) is 0 Å². The lowest BCUT2D eigenvalue weighted by Crippen LogP contribution is -2.30. The summed E-state index contributed by atoms with van der Waals surface area (Å²) in [5.41, 5.74) is 5.94. The standard InChI is InChI=1S/C10H19NO2S/c1-2-3-4-5-10(11)9-6-7-14(12,13)8-9/h2,9-10H,1,3-8,11H2. The molecule has 3 nitrogen and oxygen atoms in total. The third kappa shape index (κ3) is 3.42. The normalized spacial score (nSPS) is 27.4. The van der Waals surface area contributed by atoms with Gasteiger partial charge in [0.2, 0.25) is 0 Å². The zero-order chi connectivity index (χ0) is 10.6. The summed E-state index contributed by atoms with van der Waals surface area (Å²) in [5, 5.41) is 0. The zero-order valence-electron chi connectivity index (χ0n) is 8.48. The molecule has 1 aliphatic heterocycles. The van der Waals surface area contributed by atoms with E-state index in [1.165, 1.54) is 0 Å². The first-order valence-corrected chi connectivity index (χ1v) is 6.94. The third-order valence-corrected chi connectivity index (χ3v) is 4.61. The summed E-state index contributed by atoms with van der Waals surface area (Å²) in [4.78, 5) is 0. The van der Waals surface area contributed by atoms with Crippen molar-refractivity contribution >= 4 is 9.84 Å². The fourth-order valence-electron chi connectivity index (χ4n) is 1.90. The third-order valence-electron chi connectivity index (χ3n) is 2.82. The Balaban J connectivity index is 2.32. The molecule has 0 aromatic carbocycles. The molecule has 2 N–H and O–H groups in total. The average molecular weight is 217 g/mol. The van der Waals surface area contributed by atoms with Crippen LogP contribution in [0, 0.1) is 5.92 Å². The van der Waals surface area contributed by atoms with Crippen molar-refractivity contribution in [2.75, 3.05) is 11.5 Å². The molecule has 1 aliphatic rings. The molecular weight excluding hydrogens is 198 g/mol. The molecule has 1 saturated heterocycles. The second-order valence-corrected chi connectivity index (χ2v) is 6.28. The number of hydrogen-bond donors (Lipinski definition) is 1. The molecule has 0 bridgehead atoms. The van der Waals surface area contributed by atoms with Gasteiger partial charge >= 0.3 is 0 Å². The Labute approximate surface area is 86.3 Å². The first kappa shape index (κ1) is 11.7. The van der Waals surface area contributed by atoms with Crippen molar-refractivity contribution in [3.63, 3.8) is 0 Å². The maximum absolute atomic E-state index is 11.2. The Morgan fingerprint density at radius 2 is 2.29 bits per heavy atom. The monoisotopic (exact) mass is 217 g/mol. The first-order valence-electron chi connectivity index (χ1n) is 5.12. The molecular formula is C10H19NO2S. The number of rotatable bonds is 5. The molecule has 0 spiro atoms. The minimum absolute atomic E-state index is 0.0484. The van der Waals surface area contributed by atoms with Crippen LogP contribution in [0.3, 0.4) is 0 Å². The summed E-state index contributed by atoms with van der Waals surface area (Å²) >= 11 is 0. The van der Waals surface area contributed by atoms with E-state index >= 15 is 0 Å². The smallest absolute Gasteiger partial charge is 0.150 e. The van der Waals surface area contributed by atoms with Crippen LogP contribution >= 0.6 is 0 Å². The van der Waals surface area contributed by atoms with Crippen molar-refractivity contribution in [1.82, 2.24) is 0 Å². The van der Waals surface area contributed by atoms with Crippen LogP contribution in [0.25, 0.3) is 0 Å². The average Bonchev–Trinajstić information content (AvgIpc) is 2.46. The van der Waals surface area contributed by atoms with Gasteiger partial charge < -0.3 is 5.73 Å². The number of nitrogens with two attached hydrogens (primary N) is 1. The van der Waals surface area contributed by atoms with Gasteiger partial charge in [-0.1, -0.05) is 6.08 Å². The van der Waals surface area contributed by atoms with Crippen molar-refractivity contribution < 1.29 is 8.42 Å². The first-order chi connectivity index (χ1) is 6.55. The molecule has 0 radical (unpaired) electrons. The van der Waals surface area contributed by atoms with Gasteiger partial charge in [0.05, 0.1) is 11.5 Å². The highest BCUT2D eigenvalue weighted by Crippen LogP contribution is 2.23. The Bertz CT molecular complexity index is 284. The molecule has 0 aromatic heterocycles. The van der Waals surface area contributed by atoms with E-state index in [9.17, 15) is 8.42 Å². The van der Waals surface area contributed by atoms with E-state index in [0.29, 0.717) is 11.5 Å². The minimum atomic E-state index is -2.77. The predicted octanol–water partition coefficient (Wildman–Crippen LogP) is 1.10. The molecule has 0 amide bonds. The van der Waals surface area contributed by atoms with Crippen LogP contribution < -0.4 is 5.73 Å². The second kappa shape index (κ2) is 4.94. The van der Waals surface area contributed by atoms with Gasteiger partial charge in [0.25, 0.3) is 0 Å². The van der Waals surface area contributed by atoms with Gasteiger partial charge in [-0.2, -0.15) is 0 Å². The Hall–Kier alpha value is -0.350. The van der Waals surface area contributed by atoms with Crippen LogP contribution in [-0.2, 0) is 9.84 Å². The van der Waals surface area contributed by atoms with Gasteiger partial charge in [-0.05, 0) is 31.6 Å². The van der Waals surface area contributed by atoms with Crippen molar-refractivity contribution in [2.24, 2.45) is 11.7 Å². The van der Waals surface area contributed by atoms with Crippen LogP contribution in [0.1, 0.15) is 25.7 Å². The summed E-state index contributed by atoms with van der Waals surface area (Å²) in [6, 6.07) is 0.0484. The Kier molecular flexibility index (Phi) is 4.13. The second-order valence-electron chi connectivity index (χ2n) is 4.05. The fourth-order valence-corrected chi connectivity index (χ4v) is 3.79. The molecule has 14 heavy (non-hydrogen) atoms. The van der Waals surface area contributed by atoms with Crippen molar-refractivity contribution in [2.45, 2.75) is 31.7 Å². The van der Waals surface area contributed by atoms with E-state index in [2.05, 4.69) is 6.58 Å². The highest BCUT2D eigenvalue weighted by Gasteiger charge is 2.31. The van der Waals surface area contributed by atoms with Crippen LogP contribution in [0.4, 0.5) is 0 Å². The van der Waals surface area contributed by atoms with Crippen LogP contribution in [-0.4, -0.2) is 26.0 Å². The van der Waals surface area contributed by atoms with Crippen molar-refractivity contribution in [1.29, 1.82) is 0 Å². The molecule has 0 aromatic rings. The largest absolute Gasteiger partial charge is 0.327 e. The quantitative estimate of drug-likeness (QED) is 0.554. The lowest BCUT2D eigenvalue weighted by atomic mass is 9.95. The van der Waals surface area contributed by atoms with E-state index in [1.807, 2.05) is 6.08 Å².